The number of rotatable bonds is 5. The number of nitrogens with one attached hydrogen (secondary N) is 2. The molecule has 3 aromatic rings. The van der Waals surface area contributed by atoms with Gasteiger partial charge in [0, 0.05) is 30.1 Å². The van der Waals surface area contributed by atoms with Crippen LogP contribution in [0.1, 0.15) is 23.3 Å². The van der Waals surface area contributed by atoms with Crippen molar-refractivity contribution in [3.63, 3.8) is 0 Å². The normalized spacial score (nSPS) is 13.5. The maximum Gasteiger partial charge on any atom is 0.278 e. The van der Waals surface area contributed by atoms with Crippen LogP contribution in [-0.2, 0) is 0 Å². The first kappa shape index (κ1) is 15.3. The maximum atomic E-state index is 14.2. The zero-order valence-electron chi connectivity index (χ0n) is 13.2. The molecule has 0 saturated heterocycles. The smallest absolute Gasteiger partial charge is 0.278 e. The van der Waals surface area contributed by atoms with Crippen LogP contribution in [0.25, 0.3) is 11.3 Å². The molecule has 25 heavy (non-hydrogen) atoms. The molecule has 126 valence electrons. The molecule has 6 nitrogen and oxygen atoms in total. The van der Waals surface area contributed by atoms with E-state index in [4.69, 9.17) is 4.52 Å². The zero-order chi connectivity index (χ0) is 17.2. The van der Waals surface area contributed by atoms with Crippen LogP contribution in [-0.4, -0.2) is 22.1 Å². The Kier molecular flexibility index (Phi) is 3.89. The monoisotopic (exact) mass is 338 g/mol. The van der Waals surface area contributed by atoms with Gasteiger partial charge in [-0.05, 0) is 37.1 Å². The number of amides is 1. The van der Waals surface area contributed by atoms with Crippen LogP contribution in [0.4, 0.5) is 15.8 Å². The molecule has 1 aromatic carbocycles. The van der Waals surface area contributed by atoms with Crippen molar-refractivity contribution in [3.05, 3.63) is 60.3 Å². The van der Waals surface area contributed by atoms with Gasteiger partial charge in [0.25, 0.3) is 5.91 Å². The standard InChI is InChI=1S/C18H15FN4O2/c19-13-2-1-3-14(21-12-4-5-12)17(13)22-18(24)15-10-16(25-23-15)11-6-8-20-9-7-11/h1-3,6-10,12,21H,4-5H2,(H,22,24). The molecule has 1 aliphatic carbocycles. The molecule has 1 fully saturated rings. The second-order valence-electron chi connectivity index (χ2n) is 5.85. The summed E-state index contributed by atoms with van der Waals surface area (Å²) in [6.07, 6.45) is 5.32. The largest absolute Gasteiger partial charge is 0.381 e. The molecular formula is C18H15FN4O2. The summed E-state index contributed by atoms with van der Waals surface area (Å²) in [6, 6.07) is 9.99. The van der Waals surface area contributed by atoms with Crippen molar-refractivity contribution in [3.8, 4) is 11.3 Å². The van der Waals surface area contributed by atoms with Crippen LogP contribution in [0.5, 0.6) is 0 Å². The molecule has 2 heterocycles. The third-order valence-electron chi connectivity index (χ3n) is 3.90. The summed E-state index contributed by atoms with van der Waals surface area (Å²) >= 11 is 0. The first-order valence-corrected chi connectivity index (χ1v) is 7.94. The second-order valence-corrected chi connectivity index (χ2v) is 5.85. The molecule has 2 aromatic heterocycles. The van der Waals surface area contributed by atoms with E-state index in [1.54, 1.807) is 36.7 Å². The number of pyridine rings is 1. The molecule has 0 atom stereocenters. The lowest BCUT2D eigenvalue weighted by molar-refractivity contribution is 0.101. The molecule has 0 unspecified atom stereocenters. The van der Waals surface area contributed by atoms with E-state index in [1.807, 2.05) is 0 Å². The van der Waals surface area contributed by atoms with E-state index >= 15 is 0 Å². The number of nitrogens with zero attached hydrogens (tertiary/aromatic N) is 2. The van der Waals surface area contributed by atoms with E-state index in [-0.39, 0.29) is 11.4 Å². The van der Waals surface area contributed by atoms with Gasteiger partial charge in [0.15, 0.2) is 11.5 Å². The van der Waals surface area contributed by atoms with E-state index in [0.29, 0.717) is 17.5 Å². The first-order chi connectivity index (χ1) is 12.2. The summed E-state index contributed by atoms with van der Waals surface area (Å²) in [6.45, 7) is 0. The molecular weight excluding hydrogens is 323 g/mol. The minimum absolute atomic E-state index is 0.0763. The fraction of sp³-hybridized carbons (Fsp3) is 0.167. The van der Waals surface area contributed by atoms with E-state index in [2.05, 4.69) is 20.8 Å². The maximum absolute atomic E-state index is 14.2. The van der Waals surface area contributed by atoms with Crippen molar-refractivity contribution in [2.24, 2.45) is 0 Å². The van der Waals surface area contributed by atoms with E-state index in [1.165, 1.54) is 12.1 Å². The van der Waals surface area contributed by atoms with Gasteiger partial charge in [0.05, 0.1) is 5.69 Å². The Morgan fingerprint density at radius 3 is 2.76 bits per heavy atom. The van der Waals surface area contributed by atoms with Crippen LogP contribution in [0.3, 0.4) is 0 Å². The summed E-state index contributed by atoms with van der Waals surface area (Å²) in [5, 5.41) is 9.56. The number of benzene rings is 1. The van der Waals surface area contributed by atoms with E-state index in [0.717, 1.165) is 18.4 Å². The lowest BCUT2D eigenvalue weighted by Crippen LogP contribution is -2.15. The highest BCUT2D eigenvalue weighted by Gasteiger charge is 2.24. The van der Waals surface area contributed by atoms with Crippen LogP contribution in [0.2, 0.25) is 0 Å². The Bertz CT molecular complexity index is 906. The number of anilines is 2. The fourth-order valence-electron chi connectivity index (χ4n) is 2.43. The number of para-hydroxylation sites is 1. The first-order valence-electron chi connectivity index (χ1n) is 7.94. The van der Waals surface area contributed by atoms with Crippen molar-refractivity contribution in [2.75, 3.05) is 10.6 Å². The lowest BCUT2D eigenvalue weighted by Gasteiger charge is -2.12. The van der Waals surface area contributed by atoms with E-state index in [9.17, 15) is 9.18 Å². The topological polar surface area (TPSA) is 80.0 Å². The van der Waals surface area contributed by atoms with Crippen molar-refractivity contribution in [1.29, 1.82) is 0 Å². The van der Waals surface area contributed by atoms with Crippen molar-refractivity contribution in [1.82, 2.24) is 10.1 Å². The SMILES string of the molecule is O=C(Nc1c(F)cccc1NC1CC1)c1cc(-c2ccncc2)on1. The lowest BCUT2D eigenvalue weighted by atomic mass is 10.2. The van der Waals surface area contributed by atoms with Crippen LogP contribution < -0.4 is 10.6 Å². The van der Waals surface area contributed by atoms with Gasteiger partial charge < -0.3 is 15.2 Å². The quantitative estimate of drug-likeness (QED) is 0.741. The van der Waals surface area contributed by atoms with Gasteiger partial charge in [-0.15, -0.1) is 0 Å². The zero-order valence-corrected chi connectivity index (χ0v) is 13.2. The molecule has 1 saturated carbocycles. The second kappa shape index (κ2) is 6.35. The van der Waals surface area contributed by atoms with E-state index < -0.39 is 11.7 Å². The summed E-state index contributed by atoms with van der Waals surface area (Å²) in [7, 11) is 0. The third-order valence-corrected chi connectivity index (χ3v) is 3.90. The number of hydrogen-bond acceptors (Lipinski definition) is 5. The molecule has 1 aliphatic rings. The Morgan fingerprint density at radius 1 is 1.20 bits per heavy atom. The third kappa shape index (κ3) is 3.35. The Balaban J connectivity index is 1.56. The average Bonchev–Trinajstić information content (AvgIpc) is 3.30. The van der Waals surface area contributed by atoms with Crippen LogP contribution in [0, 0.1) is 5.82 Å². The summed E-state index contributed by atoms with van der Waals surface area (Å²) < 4.78 is 19.4. The molecule has 1 amide bonds. The predicted octanol–water partition coefficient (Wildman–Crippen LogP) is 3.70. The van der Waals surface area contributed by atoms with Crippen LogP contribution in [0.15, 0.2) is 53.3 Å². The highest BCUT2D eigenvalue weighted by molar-refractivity contribution is 6.05. The molecule has 4 rings (SSSR count). The fourth-order valence-corrected chi connectivity index (χ4v) is 2.43. The molecule has 0 aliphatic heterocycles. The Hall–Kier alpha value is -3.22. The Labute approximate surface area is 143 Å². The molecule has 0 radical (unpaired) electrons. The van der Waals surface area contributed by atoms with Crippen molar-refractivity contribution >= 4 is 17.3 Å². The number of carbonyl (C=O) groups is 1. The Morgan fingerprint density at radius 2 is 2.00 bits per heavy atom. The van der Waals surface area contributed by atoms with Gasteiger partial charge in [-0.25, -0.2) is 4.39 Å². The summed E-state index contributed by atoms with van der Waals surface area (Å²) in [4.78, 5) is 16.4. The van der Waals surface area contributed by atoms with Gasteiger partial charge in [-0.3, -0.25) is 9.78 Å². The summed E-state index contributed by atoms with van der Waals surface area (Å²) in [5.41, 5.74) is 1.51. The predicted molar refractivity (Wildman–Crippen MR) is 90.7 cm³/mol. The summed E-state index contributed by atoms with van der Waals surface area (Å²) in [5.74, 6) is -0.595. The van der Waals surface area contributed by atoms with Gasteiger partial charge in [0.2, 0.25) is 0 Å². The number of carbonyl (C=O) groups excluding carboxylic acids is 1. The molecule has 7 heteroatoms. The minimum atomic E-state index is -0.534. The number of halogens is 1. The van der Waals surface area contributed by atoms with Gasteiger partial charge >= 0.3 is 0 Å². The highest BCUT2D eigenvalue weighted by Crippen LogP contribution is 2.31. The van der Waals surface area contributed by atoms with Crippen molar-refractivity contribution < 1.29 is 13.7 Å². The van der Waals surface area contributed by atoms with Gasteiger partial charge in [-0.2, -0.15) is 0 Å². The average molecular weight is 338 g/mol. The molecule has 0 bridgehead atoms. The minimum Gasteiger partial charge on any atom is -0.381 e. The van der Waals surface area contributed by atoms with Gasteiger partial charge in [0.1, 0.15) is 11.5 Å². The number of aromatic nitrogens is 2. The van der Waals surface area contributed by atoms with Gasteiger partial charge in [-0.1, -0.05) is 11.2 Å². The molecule has 2 N–H and O–H groups in total. The molecule has 0 spiro atoms. The number of hydrogen-bond donors (Lipinski definition) is 2. The van der Waals surface area contributed by atoms with Crippen LogP contribution >= 0.6 is 0 Å². The highest BCUT2D eigenvalue weighted by atomic mass is 19.1. The van der Waals surface area contributed by atoms with Crippen molar-refractivity contribution in [2.45, 2.75) is 18.9 Å².